The van der Waals surface area contributed by atoms with E-state index in [1.54, 1.807) is 31.3 Å². The smallest absolute Gasteiger partial charge is 0.265 e. The molecule has 0 saturated carbocycles. The summed E-state index contributed by atoms with van der Waals surface area (Å²) in [6.07, 6.45) is 3.34. The zero-order valence-electron chi connectivity index (χ0n) is 13.8. The van der Waals surface area contributed by atoms with Crippen LogP contribution < -0.4 is 15.0 Å². The van der Waals surface area contributed by atoms with Gasteiger partial charge in [0.05, 0.1) is 16.9 Å². The number of carbonyl (C=O) groups is 1. The number of halogens is 2. The lowest BCUT2D eigenvalue weighted by molar-refractivity contribution is -0.122. The van der Waals surface area contributed by atoms with Gasteiger partial charge in [0.15, 0.2) is 6.10 Å². The van der Waals surface area contributed by atoms with Gasteiger partial charge in [0, 0.05) is 18.1 Å². The van der Waals surface area contributed by atoms with Crippen LogP contribution in [0.1, 0.15) is 19.8 Å². The number of anilines is 2. The Labute approximate surface area is 156 Å². The molecule has 1 aromatic carbocycles. The van der Waals surface area contributed by atoms with Gasteiger partial charge in [0.2, 0.25) is 0 Å². The summed E-state index contributed by atoms with van der Waals surface area (Å²) < 4.78 is 5.61. The van der Waals surface area contributed by atoms with Gasteiger partial charge in [-0.2, -0.15) is 0 Å². The molecule has 1 aliphatic heterocycles. The maximum Gasteiger partial charge on any atom is 0.265 e. The van der Waals surface area contributed by atoms with Crippen molar-refractivity contribution in [3.05, 3.63) is 46.6 Å². The minimum absolute atomic E-state index is 0.276. The molecule has 1 atom stereocenters. The van der Waals surface area contributed by atoms with E-state index in [0.717, 1.165) is 18.9 Å². The number of aromatic nitrogens is 1. The Morgan fingerprint density at radius 1 is 1.24 bits per heavy atom. The van der Waals surface area contributed by atoms with E-state index in [0.29, 0.717) is 21.5 Å². The first kappa shape index (κ1) is 17.8. The molecule has 1 saturated heterocycles. The second-order valence-electron chi connectivity index (χ2n) is 5.92. The number of ether oxygens (including phenoxy) is 1. The van der Waals surface area contributed by atoms with Gasteiger partial charge in [0.25, 0.3) is 5.91 Å². The van der Waals surface area contributed by atoms with Gasteiger partial charge in [-0.15, -0.1) is 0 Å². The van der Waals surface area contributed by atoms with Crippen LogP contribution in [0.4, 0.5) is 11.5 Å². The molecule has 0 aliphatic carbocycles. The van der Waals surface area contributed by atoms with Crippen LogP contribution >= 0.6 is 23.2 Å². The Kier molecular flexibility index (Phi) is 5.66. The molecule has 1 fully saturated rings. The van der Waals surface area contributed by atoms with E-state index in [1.807, 2.05) is 12.1 Å². The Morgan fingerprint density at radius 2 is 2.00 bits per heavy atom. The monoisotopic (exact) mass is 379 g/mol. The summed E-state index contributed by atoms with van der Waals surface area (Å²) in [6, 6.07) is 8.64. The molecule has 1 unspecified atom stereocenters. The van der Waals surface area contributed by atoms with Gasteiger partial charge >= 0.3 is 0 Å². The molecule has 132 valence electrons. The summed E-state index contributed by atoms with van der Waals surface area (Å²) in [6.45, 7) is 3.73. The molecule has 1 aromatic heterocycles. The number of benzene rings is 1. The molecule has 0 spiro atoms. The molecule has 2 heterocycles. The SMILES string of the molecule is CC(Oc1ccc(Cl)cc1Cl)C(=O)Nc1ccc(N2CCCC2)nc1. The van der Waals surface area contributed by atoms with Crippen molar-refractivity contribution in [2.45, 2.75) is 25.9 Å². The number of nitrogens with one attached hydrogen (secondary N) is 1. The van der Waals surface area contributed by atoms with Crippen LogP contribution in [-0.4, -0.2) is 30.1 Å². The molecular formula is C18H19Cl2N3O2. The molecule has 5 nitrogen and oxygen atoms in total. The number of rotatable bonds is 5. The number of nitrogens with zero attached hydrogens (tertiary/aromatic N) is 2. The van der Waals surface area contributed by atoms with Crippen LogP contribution in [0.2, 0.25) is 10.0 Å². The number of amides is 1. The summed E-state index contributed by atoms with van der Waals surface area (Å²) in [5.74, 6) is 1.07. The normalized spacial score (nSPS) is 15.1. The highest BCUT2D eigenvalue weighted by molar-refractivity contribution is 6.35. The summed E-state index contributed by atoms with van der Waals surface area (Å²) in [5.41, 5.74) is 0.630. The van der Waals surface area contributed by atoms with Crippen LogP contribution in [0.5, 0.6) is 5.75 Å². The fraction of sp³-hybridized carbons (Fsp3) is 0.333. The first-order valence-electron chi connectivity index (χ1n) is 8.16. The predicted octanol–water partition coefficient (Wildman–Crippen LogP) is 4.39. The Balaban J connectivity index is 1.59. The van der Waals surface area contributed by atoms with Crippen molar-refractivity contribution in [1.29, 1.82) is 0 Å². The van der Waals surface area contributed by atoms with E-state index in [4.69, 9.17) is 27.9 Å². The third-order valence-electron chi connectivity index (χ3n) is 4.01. The van der Waals surface area contributed by atoms with E-state index in [-0.39, 0.29) is 5.91 Å². The van der Waals surface area contributed by atoms with Gasteiger partial charge < -0.3 is 15.0 Å². The van der Waals surface area contributed by atoms with Crippen LogP contribution in [0.15, 0.2) is 36.5 Å². The summed E-state index contributed by atoms with van der Waals surface area (Å²) in [7, 11) is 0. The second-order valence-corrected chi connectivity index (χ2v) is 6.77. The van der Waals surface area contributed by atoms with Crippen LogP contribution in [-0.2, 0) is 4.79 Å². The quantitative estimate of drug-likeness (QED) is 0.836. The largest absolute Gasteiger partial charge is 0.479 e. The predicted molar refractivity (Wildman–Crippen MR) is 101 cm³/mol. The van der Waals surface area contributed by atoms with Crippen molar-refractivity contribution < 1.29 is 9.53 Å². The molecule has 25 heavy (non-hydrogen) atoms. The first-order valence-corrected chi connectivity index (χ1v) is 8.92. The van der Waals surface area contributed by atoms with Gasteiger partial charge in [-0.05, 0) is 50.1 Å². The van der Waals surface area contributed by atoms with Crippen molar-refractivity contribution in [2.75, 3.05) is 23.3 Å². The van der Waals surface area contributed by atoms with E-state index in [2.05, 4.69) is 15.2 Å². The van der Waals surface area contributed by atoms with Crippen molar-refractivity contribution in [2.24, 2.45) is 0 Å². The van der Waals surface area contributed by atoms with E-state index in [9.17, 15) is 4.79 Å². The molecule has 3 rings (SSSR count). The zero-order chi connectivity index (χ0) is 17.8. The minimum Gasteiger partial charge on any atom is -0.479 e. The van der Waals surface area contributed by atoms with Crippen molar-refractivity contribution >= 4 is 40.6 Å². The standard InChI is InChI=1S/C18H19Cl2N3O2/c1-12(25-16-6-4-13(19)10-15(16)20)18(24)22-14-5-7-17(21-11-14)23-8-2-3-9-23/h4-7,10-12H,2-3,8-9H2,1H3,(H,22,24). The average Bonchev–Trinajstić information content (AvgIpc) is 3.12. The number of hydrogen-bond donors (Lipinski definition) is 1. The average molecular weight is 380 g/mol. The van der Waals surface area contributed by atoms with E-state index < -0.39 is 6.10 Å². The fourth-order valence-corrected chi connectivity index (χ4v) is 3.10. The van der Waals surface area contributed by atoms with Crippen LogP contribution in [0, 0.1) is 0 Å². The zero-order valence-corrected chi connectivity index (χ0v) is 15.3. The number of pyridine rings is 1. The number of carbonyl (C=O) groups excluding carboxylic acids is 1. The number of hydrogen-bond acceptors (Lipinski definition) is 4. The van der Waals surface area contributed by atoms with E-state index in [1.165, 1.54) is 12.8 Å². The third-order valence-corrected chi connectivity index (χ3v) is 4.54. The van der Waals surface area contributed by atoms with Crippen molar-refractivity contribution in [1.82, 2.24) is 4.98 Å². The molecule has 0 radical (unpaired) electrons. The summed E-state index contributed by atoms with van der Waals surface area (Å²) in [5, 5.41) is 3.67. The summed E-state index contributed by atoms with van der Waals surface area (Å²) in [4.78, 5) is 18.9. The van der Waals surface area contributed by atoms with E-state index >= 15 is 0 Å². The highest BCUT2D eigenvalue weighted by Gasteiger charge is 2.17. The lowest BCUT2D eigenvalue weighted by atomic mass is 10.3. The van der Waals surface area contributed by atoms with Crippen LogP contribution in [0.3, 0.4) is 0 Å². The molecule has 1 aliphatic rings. The first-order chi connectivity index (χ1) is 12.0. The third kappa shape index (κ3) is 4.55. The molecule has 1 amide bonds. The van der Waals surface area contributed by atoms with Gasteiger partial charge in [-0.3, -0.25) is 4.79 Å². The topological polar surface area (TPSA) is 54.5 Å². The lowest BCUT2D eigenvalue weighted by Gasteiger charge is -2.17. The highest BCUT2D eigenvalue weighted by Crippen LogP contribution is 2.28. The summed E-state index contributed by atoms with van der Waals surface area (Å²) >= 11 is 11.9. The molecule has 2 aromatic rings. The van der Waals surface area contributed by atoms with Crippen molar-refractivity contribution in [3.8, 4) is 5.75 Å². The van der Waals surface area contributed by atoms with Gasteiger partial charge in [0.1, 0.15) is 11.6 Å². The Hall–Kier alpha value is -1.98. The highest BCUT2D eigenvalue weighted by atomic mass is 35.5. The minimum atomic E-state index is -0.711. The lowest BCUT2D eigenvalue weighted by Crippen LogP contribution is -2.30. The fourth-order valence-electron chi connectivity index (χ4n) is 2.65. The Bertz CT molecular complexity index is 746. The maximum absolute atomic E-state index is 12.3. The van der Waals surface area contributed by atoms with Crippen molar-refractivity contribution in [3.63, 3.8) is 0 Å². The maximum atomic E-state index is 12.3. The van der Waals surface area contributed by atoms with Crippen LogP contribution in [0.25, 0.3) is 0 Å². The van der Waals surface area contributed by atoms with Gasteiger partial charge in [-0.25, -0.2) is 4.98 Å². The molecule has 7 heteroatoms. The molecular weight excluding hydrogens is 361 g/mol. The molecule has 0 bridgehead atoms. The Morgan fingerprint density at radius 3 is 2.64 bits per heavy atom. The molecule has 1 N–H and O–H groups in total. The second kappa shape index (κ2) is 7.93. The van der Waals surface area contributed by atoms with Gasteiger partial charge in [-0.1, -0.05) is 23.2 Å².